The first-order valence-corrected chi connectivity index (χ1v) is 15.2. The molecule has 0 bridgehead atoms. The Morgan fingerprint density at radius 3 is 2.19 bits per heavy atom. The molecule has 1 N–H and O–H groups in total. The van der Waals surface area contributed by atoms with Crippen LogP contribution in [0.5, 0.6) is 0 Å². The molecular weight excluding hydrogens is 448 g/mol. The maximum absolute atomic E-state index is 12.8. The van der Waals surface area contributed by atoms with Crippen molar-refractivity contribution in [1.29, 1.82) is 0 Å². The zero-order chi connectivity index (χ0) is 26.3. The summed E-state index contributed by atoms with van der Waals surface area (Å²) in [4.78, 5) is 24.7. The molecule has 5 saturated carbocycles. The number of carbonyl (C=O) groups excluding carboxylic acids is 1. The zero-order valence-corrected chi connectivity index (χ0v) is 24.1. The standard InChI is InChI=1S/C32H52O4/c1-8-9-21-12-17-32(27(34)35)19-18-30(6)22(26(21)32)10-11-24-29(5)15-14-25(36-20(2)33)28(3,4)23(29)13-16-31(24,30)7/h21-26H,8-19H2,1-7H3,(H,34,35)/t21?,22-,23+,24-,25+,26-,29+,30-,31-,32+/m1/s1. The van der Waals surface area contributed by atoms with Gasteiger partial charge in [-0.25, -0.2) is 0 Å². The van der Waals surface area contributed by atoms with Crippen molar-refractivity contribution >= 4 is 11.9 Å². The second kappa shape index (κ2) is 8.47. The van der Waals surface area contributed by atoms with Gasteiger partial charge in [0, 0.05) is 12.3 Å². The molecular formula is C32H52O4. The Hall–Kier alpha value is -1.06. The fourth-order valence-electron chi connectivity index (χ4n) is 12.2. The summed E-state index contributed by atoms with van der Waals surface area (Å²) >= 11 is 0. The van der Waals surface area contributed by atoms with Gasteiger partial charge >= 0.3 is 11.9 Å². The molecule has 4 nitrogen and oxygen atoms in total. The lowest BCUT2D eigenvalue weighted by Crippen LogP contribution is -2.67. The van der Waals surface area contributed by atoms with Crippen LogP contribution in [0.4, 0.5) is 0 Å². The van der Waals surface area contributed by atoms with Gasteiger partial charge in [-0.3, -0.25) is 9.59 Å². The number of fused-ring (bicyclic) bond motifs is 7. The summed E-state index contributed by atoms with van der Waals surface area (Å²) in [6, 6.07) is 0. The van der Waals surface area contributed by atoms with Gasteiger partial charge in [-0.15, -0.1) is 0 Å². The molecule has 0 heterocycles. The van der Waals surface area contributed by atoms with Crippen LogP contribution in [0.15, 0.2) is 0 Å². The van der Waals surface area contributed by atoms with Gasteiger partial charge in [-0.1, -0.05) is 54.4 Å². The van der Waals surface area contributed by atoms with Gasteiger partial charge in [0.1, 0.15) is 6.10 Å². The average molecular weight is 501 g/mol. The van der Waals surface area contributed by atoms with E-state index in [1.165, 1.54) is 38.5 Å². The van der Waals surface area contributed by atoms with E-state index in [1.807, 2.05) is 0 Å². The lowest BCUT2D eigenvalue weighted by atomic mass is 9.32. The molecule has 36 heavy (non-hydrogen) atoms. The van der Waals surface area contributed by atoms with Gasteiger partial charge in [-0.05, 0) is 110 Å². The van der Waals surface area contributed by atoms with Crippen LogP contribution in [0, 0.1) is 56.7 Å². The molecule has 1 unspecified atom stereocenters. The number of rotatable bonds is 4. The van der Waals surface area contributed by atoms with Crippen LogP contribution in [-0.2, 0) is 14.3 Å². The largest absolute Gasteiger partial charge is 0.481 e. The predicted molar refractivity (Wildman–Crippen MR) is 142 cm³/mol. The molecule has 0 amide bonds. The highest BCUT2D eigenvalue weighted by Crippen LogP contribution is 2.77. The average Bonchev–Trinajstić information content (AvgIpc) is 3.16. The van der Waals surface area contributed by atoms with E-state index in [0.29, 0.717) is 29.6 Å². The van der Waals surface area contributed by atoms with Crippen LogP contribution in [-0.4, -0.2) is 23.1 Å². The molecule has 0 aliphatic heterocycles. The molecule has 0 saturated heterocycles. The highest BCUT2D eigenvalue weighted by Gasteiger charge is 2.72. The van der Waals surface area contributed by atoms with Crippen LogP contribution < -0.4 is 0 Å². The summed E-state index contributed by atoms with van der Waals surface area (Å²) in [5.74, 6) is 2.05. The van der Waals surface area contributed by atoms with Gasteiger partial charge in [0.05, 0.1) is 5.41 Å². The predicted octanol–water partition coefficient (Wildman–Crippen LogP) is 7.88. The summed E-state index contributed by atoms with van der Waals surface area (Å²) < 4.78 is 5.89. The fraction of sp³-hybridized carbons (Fsp3) is 0.938. The molecule has 4 heteroatoms. The Balaban J connectivity index is 1.50. The summed E-state index contributed by atoms with van der Waals surface area (Å²) in [5, 5.41) is 10.6. The number of aliphatic carboxylic acids is 1. The third-order valence-corrected chi connectivity index (χ3v) is 13.9. The van der Waals surface area contributed by atoms with Gasteiger partial charge in [-0.2, -0.15) is 0 Å². The molecule has 5 aliphatic carbocycles. The summed E-state index contributed by atoms with van der Waals surface area (Å²) in [7, 11) is 0. The van der Waals surface area contributed by atoms with Crippen molar-refractivity contribution < 1.29 is 19.4 Å². The van der Waals surface area contributed by atoms with Crippen molar-refractivity contribution in [3.8, 4) is 0 Å². The van der Waals surface area contributed by atoms with Crippen molar-refractivity contribution in [3.63, 3.8) is 0 Å². The van der Waals surface area contributed by atoms with Gasteiger partial charge in [0.25, 0.3) is 0 Å². The minimum Gasteiger partial charge on any atom is -0.481 e. The van der Waals surface area contributed by atoms with E-state index in [-0.39, 0.29) is 33.7 Å². The second-order valence-corrected chi connectivity index (χ2v) is 15.2. The van der Waals surface area contributed by atoms with E-state index in [1.54, 1.807) is 6.92 Å². The minimum absolute atomic E-state index is 0.0134. The molecule has 0 aromatic carbocycles. The van der Waals surface area contributed by atoms with E-state index in [4.69, 9.17) is 4.74 Å². The van der Waals surface area contributed by atoms with E-state index in [9.17, 15) is 14.7 Å². The van der Waals surface area contributed by atoms with Crippen molar-refractivity contribution in [2.75, 3.05) is 0 Å². The highest BCUT2D eigenvalue weighted by molar-refractivity contribution is 5.76. The lowest BCUT2D eigenvalue weighted by Gasteiger charge is -2.72. The van der Waals surface area contributed by atoms with Crippen LogP contribution >= 0.6 is 0 Å². The molecule has 0 aromatic rings. The van der Waals surface area contributed by atoms with Gasteiger partial charge < -0.3 is 9.84 Å². The molecule has 0 spiro atoms. The maximum Gasteiger partial charge on any atom is 0.309 e. The van der Waals surface area contributed by atoms with E-state index >= 15 is 0 Å². The molecule has 5 rings (SSSR count). The molecule has 0 aromatic heterocycles. The van der Waals surface area contributed by atoms with Crippen LogP contribution in [0.3, 0.4) is 0 Å². The Labute approximate surface area is 219 Å². The maximum atomic E-state index is 12.8. The van der Waals surface area contributed by atoms with Crippen molar-refractivity contribution in [2.24, 2.45) is 56.7 Å². The Bertz CT molecular complexity index is 910. The summed E-state index contributed by atoms with van der Waals surface area (Å²) in [6.07, 6.45) is 13.3. The van der Waals surface area contributed by atoms with Crippen molar-refractivity contribution in [1.82, 2.24) is 0 Å². The quantitative estimate of drug-likeness (QED) is 0.399. The summed E-state index contributed by atoms with van der Waals surface area (Å²) in [5.41, 5.74) is 0.218. The van der Waals surface area contributed by atoms with Crippen molar-refractivity contribution in [2.45, 2.75) is 132 Å². The molecule has 5 aliphatic rings. The van der Waals surface area contributed by atoms with E-state index in [2.05, 4.69) is 41.5 Å². The first kappa shape index (κ1) is 26.5. The number of hydrogen-bond donors (Lipinski definition) is 1. The summed E-state index contributed by atoms with van der Waals surface area (Å²) in [6.45, 7) is 16.3. The van der Waals surface area contributed by atoms with Crippen LogP contribution in [0.2, 0.25) is 0 Å². The second-order valence-electron chi connectivity index (χ2n) is 15.2. The lowest BCUT2D eigenvalue weighted by molar-refractivity contribution is -0.251. The molecule has 5 fully saturated rings. The van der Waals surface area contributed by atoms with Crippen LogP contribution in [0.25, 0.3) is 0 Å². The van der Waals surface area contributed by atoms with Crippen molar-refractivity contribution in [3.05, 3.63) is 0 Å². The number of hydrogen-bond acceptors (Lipinski definition) is 3. The minimum atomic E-state index is -0.498. The van der Waals surface area contributed by atoms with Gasteiger partial charge in [0.15, 0.2) is 0 Å². The van der Waals surface area contributed by atoms with E-state index in [0.717, 1.165) is 38.5 Å². The monoisotopic (exact) mass is 500 g/mol. The Morgan fingerprint density at radius 1 is 0.833 bits per heavy atom. The zero-order valence-electron chi connectivity index (χ0n) is 24.1. The molecule has 10 atom stereocenters. The number of ether oxygens (including phenoxy) is 1. The highest BCUT2D eigenvalue weighted by atomic mass is 16.5. The number of carbonyl (C=O) groups is 2. The first-order chi connectivity index (χ1) is 16.8. The number of carboxylic acid groups (broad SMARTS) is 1. The molecule has 204 valence electrons. The SMILES string of the molecule is CCCC1CC[C@]2(C(=O)O)CC[C@]3(C)[C@H](CC[C@@H]4[C@@]5(C)CC[C@H](OC(C)=O)C(C)(C)[C@@H]5CC[C@]43C)[C@@H]12. The topological polar surface area (TPSA) is 63.6 Å². The number of carboxylic acids is 1. The van der Waals surface area contributed by atoms with E-state index < -0.39 is 11.4 Å². The third-order valence-electron chi connectivity index (χ3n) is 13.9. The van der Waals surface area contributed by atoms with Gasteiger partial charge in [0.2, 0.25) is 0 Å². The smallest absolute Gasteiger partial charge is 0.309 e. The number of esters is 1. The molecule has 0 radical (unpaired) electrons. The fourth-order valence-corrected chi connectivity index (χ4v) is 12.2. The van der Waals surface area contributed by atoms with Crippen LogP contribution in [0.1, 0.15) is 126 Å². The Kier molecular flexibility index (Phi) is 6.24. The normalized spacial score (nSPS) is 51.3. The Morgan fingerprint density at radius 2 is 1.56 bits per heavy atom. The first-order valence-electron chi connectivity index (χ1n) is 15.2. The third kappa shape index (κ3) is 3.30.